The van der Waals surface area contributed by atoms with Gasteiger partial charge in [0.25, 0.3) is 0 Å². The van der Waals surface area contributed by atoms with Crippen LogP contribution in [0.1, 0.15) is 124 Å². The Morgan fingerprint density at radius 3 is 1.98 bits per heavy atom. The second-order valence-corrected chi connectivity index (χ2v) is 14.7. The first-order valence-electron chi connectivity index (χ1n) is 20.9. The van der Waals surface area contributed by atoms with Crippen molar-refractivity contribution < 1.29 is 36.6 Å². The Morgan fingerprint density at radius 2 is 1.36 bits per heavy atom. The molecule has 0 saturated heterocycles. The Labute approximate surface area is 380 Å². The molecule has 0 bridgehead atoms. The molecule has 0 atom stereocenters. The molecule has 1 radical (unpaired) electrons. The van der Waals surface area contributed by atoms with Crippen molar-refractivity contribution in [2.45, 2.75) is 104 Å². The molecule has 0 unspecified atom stereocenters. The Morgan fingerprint density at radius 1 is 0.729 bits per heavy atom. The maximum Gasteiger partial charge on any atom is 0.124 e. The van der Waals surface area contributed by atoms with E-state index in [1.54, 1.807) is 18.5 Å². The summed E-state index contributed by atoms with van der Waals surface area (Å²) in [5.41, 5.74) is 27.7. The van der Waals surface area contributed by atoms with Crippen LogP contribution in [0.4, 0.5) is 0 Å². The van der Waals surface area contributed by atoms with Crippen molar-refractivity contribution in [3.63, 3.8) is 0 Å². The summed E-state index contributed by atoms with van der Waals surface area (Å²) in [5, 5.41) is 9.46. The maximum atomic E-state index is 9.46. The van der Waals surface area contributed by atoms with Gasteiger partial charge in [0, 0.05) is 61.5 Å². The van der Waals surface area contributed by atoms with E-state index in [-0.39, 0.29) is 36.9 Å². The number of aryl methyl sites for hydroxylation is 2. The first kappa shape index (κ1) is 47.9. The summed E-state index contributed by atoms with van der Waals surface area (Å²) in [5.74, 6) is 0.301. The van der Waals surface area contributed by atoms with E-state index in [2.05, 4.69) is 127 Å². The van der Waals surface area contributed by atoms with Gasteiger partial charge in [0.1, 0.15) is 5.75 Å². The predicted molar refractivity (Wildman–Crippen MR) is 262 cm³/mol. The number of fused-ring (bicyclic) bond motifs is 3. The molecule has 1 heterocycles. The van der Waals surface area contributed by atoms with Crippen molar-refractivity contribution in [1.29, 1.82) is 0 Å². The van der Waals surface area contributed by atoms with Crippen LogP contribution in [0.3, 0.4) is 0 Å². The number of allylic oxidation sites excluding steroid dienone is 1. The summed E-state index contributed by atoms with van der Waals surface area (Å²) < 4.78 is 0. The van der Waals surface area contributed by atoms with Gasteiger partial charge in [-0.2, -0.15) is 0 Å². The molecule has 0 aliphatic heterocycles. The number of rotatable bonds is 15. The van der Waals surface area contributed by atoms with Crippen molar-refractivity contribution in [3.05, 3.63) is 190 Å². The largest absolute Gasteiger partial charge is 0.507 e. The van der Waals surface area contributed by atoms with Gasteiger partial charge in [-0.25, -0.2) is 0 Å². The molecule has 4 aromatic carbocycles. The average Bonchev–Trinajstić information content (AvgIpc) is 3.51. The molecule has 5 aromatic rings. The molecular formula is C55H75IrN2O-. The number of hydrogen-bond acceptors (Lipinski definition) is 3. The van der Waals surface area contributed by atoms with Crippen LogP contribution in [0.25, 0.3) is 22.4 Å². The van der Waals surface area contributed by atoms with Gasteiger partial charge in [0.2, 0.25) is 0 Å². The SMILES string of the molecule is C=C=C=C=C=C=C=CC1(CCCCCCCC)c2cc(C)ccc2-c2ccc(C)cc21.CCCCCCN=Cc1ccccc1O.[HH].[HH].[HH].[HH].[HH].[HH].[HH].[HH].[Ir].[c-]1ccccc1-c1ccccn1. The van der Waals surface area contributed by atoms with Crippen LogP contribution in [-0.2, 0) is 25.5 Å². The van der Waals surface area contributed by atoms with Crippen molar-refractivity contribution >= 4 is 6.21 Å². The van der Waals surface area contributed by atoms with E-state index in [0.29, 0.717) is 5.75 Å². The van der Waals surface area contributed by atoms with Crippen LogP contribution in [0.15, 0.2) is 161 Å². The summed E-state index contributed by atoms with van der Waals surface area (Å²) in [6, 6.07) is 37.8. The van der Waals surface area contributed by atoms with E-state index in [4.69, 9.17) is 0 Å². The Hall–Kier alpha value is -5.43. The molecule has 321 valence electrons. The predicted octanol–water partition coefficient (Wildman–Crippen LogP) is 16.3. The van der Waals surface area contributed by atoms with E-state index in [0.717, 1.165) is 36.2 Å². The van der Waals surface area contributed by atoms with Gasteiger partial charge in [-0.3, -0.25) is 4.99 Å². The molecule has 4 heteroatoms. The molecule has 59 heavy (non-hydrogen) atoms. The molecule has 1 aromatic heterocycles. The van der Waals surface area contributed by atoms with Crippen molar-refractivity contribution in [2.24, 2.45) is 4.99 Å². The number of benzene rings is 4. The van der Waals surface area contributed by atoms with Gasteiger partial charge in [-0.05, 0) is 108 Å². The number of para-hydroxylation sites is 1. The zero-order valence-electron chi connectivity index (χ0n) is 35.4. The maximum absolute atomic E-state index is 9.46. The minimum Gasteiger partial charge on any atom is -0.507 e. The van der Waals surface area contributed by atoms with E-state index < -0.39 is 0 Å². The first-order valence-corrected chi connectivity index (χ1v) is 20.9. The quantitative estimate of drug-likeness (QED) is 0.0492. The minimum absolute atomic E-state index is 0. The van der Waals surface area contributed by atoms with Crippen LogP contribution in [0.2, 0.25) is 0 Å². The summed E-state index contributed by atoms with van der Waals surface area (Å²) in [4.78, 5) is 8.51. The van der Waals surface area contributed by atoms with Crippen LogP contribution in [0.5, 0.6) is 5.75 Å². The van der Waals surface area contributed by atoms with Crippen LogP contribution < -0.4 is 0 Å². The molecule has 0 saturated carbocycles. The normalized spacial score (nSPS) is 11.2. The van der Waals surface area contributed by atoms with E-state index in [1.807, 2.05) is 60.7 Å². The fourth-order valence-corrected chi connectivity index (χ4v) is 7.12. The number of nitrogens with zero attached hydrogens (tertiary/aromatic N) is 2. The number of aromatic nitrogens is 1. The van der Waals surface area contributed by atoms with Crippen molar-refractivity contribution in [2.75, 3.05) is 6.54 Å². The number of phenols is 1. The zero-order chi connectivity index (χ0) is 41.3. The number of phenolic OH excluding ortho intramolecular Hbond substituents is 1. The van der Waals surface area contributed by atoms with Gasteiger partial charge < -0.3 is 10.1 Å². The van der Waals surface area contributed by atoms with E-state index in [1.165, 1.54) is 91.2 Å². The van der Waals surface area contributed by atoms with Gasteiger partial charge in [0.05, 0.1) is 0 Å². The molecule has 0 amide bonds. The van der Waals surface area contributed by atoms with E-state index >= 15 is 0 Å². The molecule has 3 nitrogen and oxygen atoms in total. The average molecular weight is 972 g/mol. The molecule has 1 N–H and O–H groups in total. The van der Waals surface area contributed by atoms with Crippen LogP contribution in [0, 0.1) is 19.9 Å². The molecular weight excluding hydrogens is 897 g/mol. The summed E-state index contributed by atoms with van der Waals surface area (Å²) in [6.45, 7) is 13.2. The Balaban J connectivity index is -0.000000220. The van der Waals surface area contributed by atoms with Crippen molar-refractivity contribution in [1.82, 2.24) is 4.98 Å². The fraction of sp³-hybridized carbons (Fsp3) is 0.309. The second kappa shape index (κ2) is 27.3. The van der Waals surface area contributed by atoms with E-state index in [9.17, 15) is 5.11 Å². The zero-order valence-corrected chi connectivity index (χ0v) is 37.8. The number of pyridine rings is 1. The van der Waals surface area contributed by atoms with Crippen LogP contribution in [-0.4, -0.2) is 22.8 Å². The van der Waals surface area contributed by atoms with Crippen LogP contribution >= 0.6 is 0 Å². The molecule has 1 aliphatic rings. The third-order valence-corrected chi connectivity index (χ3v) is 10.2. The van der Waals surface area contributed by atoms with Gasteiger partial charge in [0.15, 0.2) is 0 Å². The summed E-state index contributed by atoms with van der Waals surface area (Å²) in [7, 11) is 0. The summed E-state index contributed by atoms with van der Waals surface area (Å²) >= 11 is 0. The Bertz CT molecular complexity index is 2230. The molecule has 1 aliphatic carbocycles. The monoisotopic (exact) mass is 973 g/mol. The smallest absolute Gasteiger partial charge is 0.124 e. The fourth-order valence-electron chi connectivity index (χ4n) is 7.12. The Kier molecular flexibility index (Phi) is 22.2. The molecule has 6 rings (SSSR count). The summed E-state index contributed by atoms with van der Waals surface area (Å²) in [6.07, 6.45) is 19.5. The number of unbranched alkanes of at least 4 members (excludes halogenated alkanes) is 8. The molecule has 0 spiro atoms. The minimum atomic E-state index is -0.180. The molecule has 0 fully saturated rings. The number of aliphatic imine (C=N–C) groups is 1. The third kappa shape index (κ3) is 15.4. The third-order valence-electron chi connectivity index (χ3n) is 10.2. The second-order valence-electron chi connectivity index (χ2n) is 14.7. The topological polar surface area (TPSA) is 45.5 Å². The van der Waals surface area contributed by atoms with Gasteiger partial charge >= 0.3 is 0 Å². The van der Waals surface area contributed by atoms with Gasteiger partial charge in [-0.1, -0.05) is 155 Å². The van der Waals surface area contributed by atoms with Gasteiger partial charge in [-0.15, -0.1) is 35.9 Å². The first-order chi connectivity index (χ1) is 28.4. The van der Waals surface area contributed by atoms with Crippen molar-refractivity contribution in [3.8, 4) is 28.1 Å². The standard InChI is InChI=1S/C31H32.C13H19NO.C11H8N.Ir.8H2/c1-5-7-9-11-13-15-21-31(22-16-14-12-10-8-6-2)29-23-25(3)17-19-27(29)28-20-18-26(4)24-30(28)31;1-2-3-4-7-10-14-11-12-8-5-6-9-13(12)15;1-2-6-10(7-3-1)11-8-4-5-9-12-11;;;;;;;;;/h17-21,23-24H,1,6,8,10,12,14,16,22H2,2-4H3;5-6,8-9,11,15H,2-4,7,10H2,1H3;1-6,8-9H;;8*1H/q;;-1;;;;;;;;;. The number of hydrogen-bond donors (Lipinski definition) is 1. The number of aromatic hydroxyl groups is 1.